The molecule has 11 rings (SSSR count). The van der Waals surface area contributed by atoms with Gasteiger partial charge in [0.25, 0.3) is 0 Å². The number of aromatic nitrogens is 6. The molecule has 74 heavy (non-hydrogen) atoms. The molecule has 0 aliphatic rings. The Morgan fingerprint density at radius 2 is 0.770 bits per heavy atom. The van der Waals surface area contributed by atoms with Crippen LogP contribution >= 0.6 is 0 Å². The first-order chi connectivity index (χ1) is 35.2. The molecule has 0 saturated carbocycles. The van der Waals surface area contributed by atoms with Crippen LogP contribution in [0.15, 0.2) is 164 Å². The van der Waals surface area contributed by atoms with Crippen molar-refractivity contribution in [3.05, 3.63) is 192 Å². The summed E-state index contributed by atoms with van der Waals surface area (Å²) in [5.74, 6) is 0.395. The average Bonchev–Trinajstić information content (AvgIpc) is 3.89. The molecule has 0 aliphatic carbocycles. The third-order valence-corrected chi connectivity index (χ3v) is 12.6. The first-order valence-corrected chi connectivity index (χ1v) is 22.0. The Kier molecular flexibility index (Phi) is 10.9. The normalized spacial score (nSPS) is 12.6. The molecule has 0 atom stereocenters. The number of halogens is 12. The average molecular weight is 1010 g/mol. The van der Waals surface area contributed by atoms with E-state index in [1.54, 1.807) is 60.7 Å². The van der Waals surface area contributed by atoms with E-state index in [-0.39, 0.29) is 94.7 Å². The number of nitrogens with zero attached hydrogens (tertiary/aromatic N) is 7. The number of hydrogen-bond acceptors (Lipinski definition) is 5. The van der Waals surface area contributed by atoms with Crippen molar-refractivity contribution in [2.24, 2.45) is 0 Å². The Labute approximate surface area is 408 Å². The van der Waals surface area contributed by atoms with Gasteiger partial charge in [0.2, 0.25) is 0 Å². The van der Waals surface area contributed by atoms with E-state index in [0.29, 0.717) is 23.3 Å². The first kappa shape index (κ1) is 47.3. The van der Waals surface area contributed by atoms with Crippen LogP contribution in [-0.4, -0.2) is 29.1 Å². The minimum absolute atomic E-state index is 0.00414. The standard InChI is InChI=1S/C55H27F12N7/c56-52(57,58)33-11-15-43-37(23-33)38-24-34(53(59,60)61)12-16-44(38)73(43)47-19-20-69-28-42(47)41-22-31(51-71-49(29-7-3-1-4-8-29)70-50(72-51)30-9-5-2-6-10-30)21-32(27-68)48(41)74-45-17-13-35(54(62,63)64)25-39(45)40-26-36(55(65,66)67)14-18-46(40)74/h1-26,28H. The van der Waals surface area contributed by atoms with E-state index in [9.17, 15) is 57.9 Å². The number of nitriles is 1. The molecule has 0 spiro atoms. The highest BCUT2D eigenvalue weighted by Gasteiger charge is 2.36. The van der Waals surface area contributed by atoms with Gasteiger partial charge < -0.3 is 9.13 Å². The van der Waals surface area contributed by atoms with Crippen LogP contribution in [0, 0.1) is 11.3 Å². The maximum Gasteiger partial charge on any atom is 0.416 e. The zero-order valence-electron chi connectivity index (χ0n) is 37.3. The van der Waals surface area contributed by atoms with E-state index in [0.717, 1.165) is 60.7 Å². The number of rotatable bonds is 6. The van der Waals surface area contributed by atoms with Gasteiger partial charge in [0.05, 0.1) is 61.3 Å². The largest absolute Gasteiger partial charge is 0.416 e. The van der Waals surface area contributed by atoms with E-state index in [4.69, 9.17) is 15.0 Å². The quantitative estimate of drug-likeness (QED) is 0.155. The number of pyridine rings is 1. The SMILES string of the molecule is N#Cc1cc(-c2nc(-c3ccccc3)nc(-c3ccccc3)n2)cc(-c2cnccc2-n2c3ccc(C(F)(F)F)cc3c3cc(C(F)(F)F)ccc32)c1-n1c2ccc(C(F)(F)F)cc2c2cc(C(F)(F)F)ccc21. The van der Waals surface area contributed by atoms with Gasteiger partial charge in [-0.25, -0.2) is 15.0 Å². The van der Waals surface area contributed by atoms with Crippen molar-refractivity contribution in [2.75, 3.05) is 0 Å². The summed E-state index contributed by atoms with van der Waals surface area (Å²) >= 11 is 0. The molecular weight excluding hydrogens is 987 g/mol. The predicted octanol–water partition coefficient (Wildman–Crippen LogP) is 16.1. The van der Waals surface area contributed by atoms with Gasteiger partial charge in [-0.3, -0.25) is 4.98 Å². The minimum atomic E-state index is -4.94. The topological polar surface area (TPSA) is 85.2 Å². The molecule has 0 saturated heterocycles. The molecule has 4 heterocycles. The van der Waals surface area contributed by atoms with E-state index < -0.39 is 47.0 Å². The molecule has 0 fully saturated rings. The van der Waals surface area contributed by atoms with Crippen molar-refractivity contribution in [3.63, 3.8) is 0 Å². The Morgan fingerprint density at radius 3 is 1.15 bits per heavy atom. The fraction of sp³-hybridized carbons (Fsp3) is 0.0727. The van der Waals surface area contributed by atoms with Gasteiger partial charge in [-0.2, -0.15) is 57.9 Å². The second-order valence-electron chi connectivity index (χ2n) is 17.1. The Bertz CT molecular complexity index is 3890. The molecule has 0 radical (unpaired) electrons. The van der Waals surface area contributed by atoms with E-state index in [1.165, 1.54) is 39.7 Å². The van der Waals surface area contributed by atoms with Crippen molar-refractivity contribution < 1.29 is 52.7 Å². The molecule has 0 unspecified atom stereocenters. The predicted molar refractivity (Wildman–Crippen MR) is 253 cm³/mol. The highest BCUT2D eigenvalue weighted by Crippen LogP contribution is 2.47. The summed E-state index contributed by atoms with van der Waals surface area (Å²) in [5, 5.41) is 10.3. The molecule has 366 valence electrons. The summed E-state index contributed by atoms with van der Waals surface area (Å²) in [6.07, 6.45) is -17.1. The minimum Gasteiger partial charge on any atom is -0.309 e. The van der Waals surface area contributed by atoms with E-state index >= 15 is 0 Å². The molecule has 11 aromatic rings. The van der Waals surface area contributed by atoms with Crippen LogP contribution in [0.4, 0.5) is 52.7 Å². The van der Waals surface area contributed by atoms with Crippen molar-refractivity contribution in [1.82, 2.24) is 29.1 Å². The molecule has 4 aromatic heterocycles. The molecular formula is C55H27F12N7. The Balaban J connectivity index is 1.28. The first-order valence-electron chi connectivity index (χ1n) is 22.0. The maximum absolute atomic E-state index is 14.4. The smallest absolute Gasteiger partial charge is 0.309 e. The highest BCUT2D eigenvalue weighted by molar-refractivity contribution is 6.12. The van der Waals surface area contributed by atoms with Gasteiger partial charge in [-0.15, -0.1) is 0 Å². The van der Waals surface area contributed by atoms with Gasteiger partial charge >= 0.3 is 24.7 Å². The molecule has 19 heteroatoms. The zero-order valence-corrected chi connectivity index (χ0v) is 37.3. The summed E-state index contributed by atoms with van der Waals surface area (Å²) < 4.78 is 175. The van der Waals surface area contributed by atoms with Crippen LogP contribution in [0.5, 0.6) is 0 Å². The van der Waals surface area contributed by atoms with Gasteiger partial charge in [0.1, 0.15) is 6.07 Å². The van der Waals surface area contributed by atoms with Crippen LogP contribution in [0.1, 0.15) is 27.8 Å². The third kappa shape index (κ3) is 8.17. The monoisotopic (exact) mass is 1010 g/mol. The zero-order chi connectivity index (χ0) is 52.1. The molecule has 7 nitrogen and oxygen atoms in total. The van der Waals surface area contributed by atoms with E-state index in [1.807, 2.05) is 0 Å². The summed E-state index contributed by atoms with van der Waals surface area (Å²) in [5.41, 5.74) is -3.72. The second-order valence-corrected chi connectivity index (χ2v) is 17.1. The number of fused-ring (bicyclic) bond motifs is 6. The fourth-order valence-corrected chi connectivity index (χ4v) is 9.27. The van der Waals surface area contributed by atoms with Crippen LogP contribution in [0.3, 0.4) is 0 Å². The summed E-state index contributed by atoms with van der Waals surface area (Å²) in [7, 11) is 0. The molecule has 0 amide bonds. The van der Waals surface area contributed by atoms with Crippen LogP contribution in [0.25, 0.3) is 100 Å². The summed E-state index contributed by atoms with van der Waals surface area (Å²) in [4.78, 5) is 18.8. The van der Waals surface area contributed by atoms with Crippen molar-refractivity contribution in [3.8, 4) is 62.7 Å². The molecule has 0 aliphatic heterocycles. The maximum atomic E-state index is 14.4. The lowest BCUT2D eigenvalue weighted by Crippen LogP contribution is -2.07. The molecule has 0 N–H and O–H groups in total. The second kappa shape index (κ2) is 17.0. The van der Waals surface area contributed by atoms with Crippen molar-refractivity contribution in [2.45, 2.75) is 24.7 Å². The summed E-state index contributed by atoms with van der Waals surface area (Å²) in [6.45, 7) is 0. The van der Waals surface area contributed by atoms with Gasteiger partial charge in [-0.1, -0.05) is 60.7 Å². The fourth-order valence-electron chi connectivity index (χ4n) is 9.27. The van der Waals surface area contributed by atoms with Crippen LogP contribution < -0.4 is 0 Å². The van der Waals surface area contributed by atoms with Crippen LogP contribution in [0.2, 0.25) is 0 Å². The van der Waals surface area contributed by atoms with E-state index in [2.05, 4.69) is 11.1 Å². The number of benzene rings is 7. The lowest BCUT2D eigenvalue weighted by atomic mass is 9.95. The van der Waals surface area contributed by atoms with Crippen molar-refractivity contribution >= 4 is 43.6 Å². The van der Waals surface area contributed by atoms with Gasteiger partial charge in [0.15, 0.2) is 17.5 Å². The molecule has 0 bridgehead atoms. The summed E-state index contributed by atoms with van der Waals surface area (Å²) in [6, 6.07) is 34.3. The number of alkyl halides is 12. The van der Waals surface area contributed by atoms with Gasteiger partial charge in [0, 0.05) is 61.8 Å². The third-order valence-electron chi connectivity index (χ3n) is 12.6. The lowest BCUT2D eigenvalue weighted by Gasteiger charge is -2.21. The lowest BCUT2D eigenvalue weighted by molar-refractivity contribution is -0.138. The number of hydrogen-bond donors (Lipinski definition) is 0. The Hall–Kier alpha value is -9.05. The Morgan fingerprint density at radius 1 is 0.392 bits per heavy atom. The van der Waals surface area contributed by atoms with Crippen LogP contribution in [-0.2, 0) is 24.7 Å². The molecule has 7 aromatic carbocycles. The van der Waals surface area contributed by atoms with Gasteiger partial charge in [-0.05, 0) is 91.0 Å². The highest BCUT2D eigenvalue weighted by atomic mass is 19.4. The van der Waals surface area contributed by atoms with Crippen molar-refractivity contribution in [1.29, 1.82) is 5.26 Å².